The number of aromatic nitrogens is 4. The lowest BCUT2D eigenvalue weighted by Gasteiger charge is -2.27. The summed E-state index contributed by atoms with van der Waals surface area (Å²) in [6.45, 7) is 2.85. The van der Waals surface area contributed by atoms with E-state index in [0.29, 0.717) is 0 Å². The van der Waals surface area contributed by atoms with Crippen molar-refractivity contribution < 1.29 is 4.79 Å². The molecule has 1 N–H and O–H groups in total. The number of rotatable bonds is 2. The lowest BCUT2D eigenvalue weighted by atomic mass is 10.1. The van der Waals surface area contributed by atoms with Crippen LogP contribution in [-0.4, -0.2) is 43.6 Å². The van der Waals surface area contributed by atoms with E-state index in [1.165, 1.54) is 0 Å². The van der Waals surface area contributed by atoms with Gasteiger partial charge in [0.2, 0.25) is 0 Å². The van der Waals surface area contributed by atoms with E-state index in [4.69, 9.17) is 0 Å². The summed E-state index contributed by atoms with van der Waals surface area (Å²) >= 11 is 0. The third kappa shape index (κ3) is 2.48. The van der Waals surface area contributed by atoms with Crippen molar-refractivity contribution >= 4 is 16.8 Å². The zero-order chi connectivity index (χ0) is 16.7. The van der Waals surface area contributed by atoms with E-state index in [1.807, 2.05) is 49.3 Å². The van der Waals surface area contributed by atoms with Crippen molar-refractivity contribution in [2.75, 3.05) is 7.05 Å². The molecule has 3 aromatic rings. The molecule has 124 valence electrons. The molecule has 0 saturated carbocycles. The highest BCUT2D eigenvalue weighted by Crippen LogP contribution is 2.21. The van der Waals surface area contributed by atoms with E-state index < -0.39 is 0 Å². The number of H-pyrrole nitrogens is 1. The average molecular weight is 323 g/mol. The van der Waals surface area contributed by atoms with Gasteiger partial charge in [-0.15, -0.1) is 10.2 Å². The maximum Gasteiger partial charge on any atom is 0.253 e. The van der Waals surface area contributed by atoms with Crippen LogP contribution in [0.2, 0.25) is 0 Å². The summed E-state index contributed by atoms with van der Waals surface area (Å²) < 4.78 is 2.17. The van der Waals surface area contributed by atoms with Gasteiger partial charge in [-0.1, -0.05) is 0 Å². The monoisotopic (exact) mass is 323 g/mol. The Labute approximate surface area is 140 Å². The second kappa shape index (κ2) is 5.78. The Bertz CT molecular complexity index is 894. The number of carbonyl (C=O) groups excluding carboxylic acids is 1. The minimum absolute atomic E-state index is 0.0810. The number of nitrogens with zero attached hydrogens (tertiary/aromatic N) is 4. The molecule has 6 nitrogen and oxygen atoms in total. The van der Waals surface area contributed by atoms with Crippen LogP contribution in [0.25, 0.3) is 10.9 Å². The molecule has 6 heteroatoms. The molecule has 0 spiro atoms. The second-order valence-corrected chi connectivity index (χ2v) is 6.49. The minimum Gasteiger partial charge on any atom is -0.361 e. The molecule has 1 aliphatic heterocycles. The quantitative estimate of drug-likeness (QED) is 0.788. The summed E-state index contributed by atoms with van der Waals surface area (Å²) in [7, 11) is 1.91. The predicted molar refractivity (Wildman–Crippen MR) is 91.9 cm³/mol. The number of hydrogen-bond acceptors (Lipinski definition) is 3. The van der Waals surface area contributed by atoms with Crippen LogP contribution in [0.15, 0.2) is 30.5 Å². The Morgan fingerprint density at radius 3 is 3.04 bits per heavy atom. The third-order valence-electron chi connectivity index (χ3n) is 5.07. The molecule has 0 fully saturated rings. The summed E-state index contributed by atoms with van der Waals surface area (Å²) in [4.78, 5) is 17.9. The van der Waals surface area contributed by atoms with E-state index in [-0.39, 0.29) is 11.9 Å². The summed E-state index contributed by atoms with van der Waals surface area (Å²) in [5.74, 6) is 2.07. The Kier molecular flexibility index (Phi) is 3.59. The van der Waals surface area contributed by atoms with Gasteiger partial charge in [-0.05, 0) is 44.0 Å². The van der Waals surface area contributed by atoms with Gasteiger partial charge in [0.1, 0.15) is 11.6 Å². The molecule has 0 aliphatic carbocycles. The molecule has 1 unspecified atom stereocenters. The van der Waals surface area contributed by atoms with Crippen LogP contribution in [0.1, 0.15) is 34.8 Å². The number of aryl methyl sites for hydroxylation is 2. The molecule has 1 aromatic carbocycles. The lowest BCUT2D eigenvalue weighted by Crippen LogP contribution is -2.37. The molecular formula is C18H21N5O. The maximum absolute atomic E-state index is 12.9. The topological polar surface area (TPSA) is 66.8 Å². The number of nitrogens with one attached hydrogen (secondary N) is 1. The van der Waals surface area contributed by atoms with E-state index >= 15 is 0 Å². The molecular weight excluding hydrogens is 302 g/mol. The molecule has 3 heterocycles. The van der Waals surface area contributed by atoms with Crippen LogP contribution >= 0.6 is 0 Å². The molecule has 0 saturated heterocycles. The number of hydrogen-bond donors (Lipinski definition) is 1. The van der Waals surface area contributed by atoms with Crippen LogP contribution < -0.4 is 0 Å². The number of aromatic amines is 1. The average Bonchev–Trinajstić information content (AvgIpc) is 3.13. The number of benzene rings is 1. The summed E-state index contributed by atoms with van der Waals surface area (Å²) in [5.41, 5.74) is 1.79. The first kappa shape index (κ1) is 14.9. The zero-order valence-corrected chi connectivity index (χ0v) is 14.0. The molecule has 1 aliphatic rings. The van der Waals surface area contributed by atoms with E-state index in [0.717, 1.165) is 53.9 Å². The lowest BCUT2D eigenvalue weighted by molar-refractivity contribution is 0.0716. The van der Waals surface area contributed by atoms with Crippen LogP contribution in [0.5, 0.6) is 0 Å². The highest BCUT2D eigenvalue weighted by molar-refractivity contribution is 5.98. The first-order valence-corrected chi connectivity index (χ1v) is 8.36. The first-order valence-electron chi connectivity index (χ1n) is 8.36. The molecule has 1 atom stereocenters. The molecule has 0 bridgehead atoms. The van der Waals surface area contributed by atoms with E-state index in [9.17, 15) is 4.79 Å². The summed E-state index contributed by atoms with van der Waals surface area (Å²) in [5, 5.41) is 9.46. The normalized spacial score (nSPS) is 17.5. The molecule has 4 rings (SSSR count). The van der Waals surface area contributed by atoms with Crippen molar-refractivity contribution in [2.45, 2.75) is 38.8 Å². The predicted octanol–water partition coefficient (Wildman–Crippen LogP) is 2.54. The van der Waals surface area contributed by atoms with Crippen molar-refractivity contribution in [3.8, 4) is 0 Å². The molecule has 1 amide bonds. The van der Waals surface area contributed by atoms with Crippen LogP contribution in [0.4, 0.5) is 0 Å². The van der Waals surface area contributed by atoms with Crippen LogP contribution in [0.3, 0.4) is 0 Å². The fourth-order valence-corrected chi connectivity index (χ4v) is 3.56. The third-order valence-corrected chi connectivity index (χ3v) is 5.07. The standard InChI is InChI=1S/C18H21N5O/c1-12-20-21-17-6-4-15(8-10-23(12)17)22(2)18(24)14-3-5-16-13(11-14)7-9-19-16/h3,5,7,9,11,15,19H,4,6,8,10H2,1-2H3. The smallest absolute Gasteiger partial charge is 0.253 e. The van der Waals surface area contributed by atoms with Crippen LogP contribution in [-0.2, 0) is 13.0 Å². The SMILES string of the molecule is Cc1nnc2n1CCC(N(C)C(=O)c1ccc3[nH]ccc3c1)CC2. The Morgan fingerprint density at radius 1 is 1.29 bits per heavy atom. The Morgan fingerprint density at radius 2 is 2.17 bits per heavy atom. The van der Waals surface area contributed by atoms with Gasteiger partial charge in [0.05, 0.1) is 0 Å². The van der Waals surface area contributed by atoms with Gasteiger partial charge in [0, 0.05) is 48.7 Å². The van der Waals surface area contributed by atoms with Gasteiger partial charge in [0.25, 0.3) is 5.91 Å². The number of amides is 1. The van der Waals surface area contributed by atoms with E-state index in [1.54, 1.807) is 0 Å². The summed E-state index contributed by atoms with van der Waals surface area (Å²) in [6, 6.07) is 8.04. The Balaban J connectivity index is 1.52. The largest absolute Gasteiger partial charge is 0.361 e. The van der Waals surface area contributed by atoms with Crippen molar-refractivity contribution in [3.05, 3.63) is 47.7 Å². The van der Waals surface area contributed by atoms with Gasteiger partial charge >= 0.3 is 0 Å². The van der Waals surface area contributed by atoms with Gasteiger partial charge in [0.15, 0.2) is 0 Å². The minimum atomic E-state index is 0.0810. The maximum atomic E-state index is 12.9. The van der Waals surface area contributed by atoms with Gasteiger partial charge in [-0.2, -0.15) is 0 Å². The van der Waals surface area contributed by atoms with Crippen molar-refractivity contribution in [1.82, 2.24) is 24.6 Å². The van der Waals surface area contributed by atoms with Gasteiger partial charge in [-0.3, -0.25) is 4.79 Å². The fraction of sp³-hybridized carbons (Fsp3) is 0.389. The van der Waals surface area contributed by atoms with Gasteiger partial charge in [-0.25, -0.2) is 0 Å². The molecule has 2 aromatic heterocycles. The fourth-order valence-electron chi connectivity index (χ4n) is 3.56. The van der Waals surface area contributed by atoms with Crippen LogP contribution in [0, 0.1) is 6.92 Å². The first-order chi connectivity index (χ1) is 11.6. The number of carbonyl (C=O) groups is 1. The second-order valence-electron chi connectivity index (χ2n) is 6.49. The van der Waals surface area contributed by atoms with Gasteiger partial charge < -0.3 is 14.5 Å². The summed E-state index contributed by atoms with van der Waals surface area (Å²) in [6.07, 6.45) is 4.61. The Hall–Kier alpha value is -2.63. The molecule has 24 heavy (non-hydrogen) atoms. The number of fused-ring (bicyclic) bond motifs is 2. The molecule has 0 radical (unpaired) electrons. The van der Waals surface area contributed by atoms with Crippen molar-refractivity contribution in [2.24, 2.45) is 0 Å². The van der Waals surface area contributed by atoms with Crippen molar-refractivity contribution in [3.63, 3.8) is 0 Å². The highest BCUT2D eigenvalue weighted by Gasteiger charge is 2.25. The van der Waals surface area contributed by atoms with Crippen molar-refractivity contribution in [1.29, 1.82) is 0 Å². The van der Waals surface area contributed by atoms with E-state index in [2.05, 4.69) is 19.7 Å². The zero-order valence-electron chi connectivity index (χ0n) is 14.0. The highest BCUT2D eigenvalue weighted by atomic mass is 16.2.